The Kier molecular flexibility index (Phi) is 1.24. The molecule has 0 heterocycles. The van der Waals surface area contributed by atoms with Crippen molar-refractivity contribution in [3.05, 3.63) is 11.6 Å². The molecular formula is C3H4Cl2. The minimum atomic E-state index is -2.32. The van der Waals surface area contributed by atoms with E-state index in [1.165, 1.54) is 0 Å². The molecular weight excluding hydrogens is 107 g/mol. The van der Waals surface area contributed by atoms with Gasteiger partial charge < -0.3 is 0 Å². The third-order valence-electron chi connectivity index (χ3n) is 0.0945. The lowest BCUT2D eigenvalue weighted by atomic mass is 10.8. The van der Waals surface area contributed by atoms with Gasteiger partial charge >= 0.3 is 0 Å². The van der Waals surface area contributed by atoms with Crippen LogP contribution in [0.15, 0.2) is 11.6 Å². The second-order valence-electron chi connectivity index (χ2n) is 0.314. The second-order valence-corrected chi connectivity index (χ2v) is 0.692. The van der Waals surface area contributed by atoms with Crippen molar-refractivity contribution in [3.8, 4) is 0 Å². The minimum absolute atomic E-state index is 0.671. The van der Waals surface area contributed by atoms with Gasteiger partial charge in [-0.05, 0) is 0 Å². The fourth-order valence-electron chi connectivity index (χ4n) is 0.0179. The average molecular weight is 115 g/mol. The molecule has 0 saturated heterocycles. The highest BCUT2D eigenvalue weighted by Gasteiger charge is 1.56. The van der Waals surface area contributed by atoms with Gasteiger partial charge in [-0.2, -0.15) is 0 Å². The van der Waals surface area contributed by atoms with Crippen molar-refractivity contribution in [2.24, 2.45) is 0 Å². The lowest BCUT2D eigenvalue weighted by Crippen LogP contribution is -1.48. The van der Waals surface area contributed by atoms with E-state index in [9.17, 15) is 0 Å². The number of allylic oxidation sites excluding steroid dienone is 1. The summed E-state index contributed by atoms with van der Waals surface area (Å²) in [7, 11) is 0. The van der Waals surface area contributed by atoms with Crippen LogP contribution in [0.5, 0.6) is 0 Å². The van der Waals surface area contributed by atoms with E-state index in [1.807, 2.05) is 0 Å². The van der Waals surface area contributed by atoms with Crippen molar-refractivity contribution < 1.29 is 5.48 Å². The zero-order chi connectivity index (χ0) is 7.65. The molecule has 0 spiro atoms. The zero-order valence-electron chi connectivity index (χ0n) is 6.26. The summed E-state index contributed by atoms with van der Waals surface area (Å²) >= 11 is 9.91. The molecule has 30 valence electrons. The monoisotopic (exact) mass is 114 g/mol. The van der Waals surface area contributed by atoms with Gasteiger partial charge in [-0.15, -0.1) is 11.6 Å². The summed E-state index contributed by atoms with van der Waals surface area (Å²) in [5, 5.41) is 0. The predicted octanol–water partition coefficient (Wildman–Crippen LogP) is 1.98. The van der Waals surface area contributed by atoms with E-state index in [0.717, 1.165) is 0 Å². The third-order valence-corrected chi connectivity index (χ3v) is 0.283. The van der Waals surface area contributed by atoms with E-state index in [-0.39, 0.29) is 0 Å². The molecule has 0 nitrogen and oxygen atoms in total. The number of hydrogen-bond acceptors (Lipinski definition) is 0. The van der Waals surface area contributed by atoms with Crippen molar-refractivity contribution >= 4 is 23.2 Å². The molecule has 0 aromatic heterocycles. The Morgan fingerprint density at radius 3 is 2.80 bits per heavy atom. The fourth-order valence-corrected chi connectivity index (χ4v) is 0.161. The molecule has 0 aliphatic carbocycles. The van der Waals surface area contributed by atoms with Crippen LogP contribution < -0.4 is 0 Å². The number of rotatable bonds is 1. The molecule has 0 atom stereocenters. The molecule has 0 bridgehead atoms. The highest BCUT2D eigenvalue weighted by Crippen LogP contribution is 1.79. The summed E-state index contributed by atoms with van der Waals surface area (Å²) in [6.45, 7) is 0. The van der Waals surface area contributed by atoms with Crippen LogP contribution in [0.1, 0.15) is 5.48 Å². The molecule has 0 amide bonds. The fraction of sp³-hybridized carbons (Fsp3) is 0.333. The van der Waals surface area contributed by atoms with Crippen molar-refractivity contribution in [1.82, 2.24) is 0 Å². The van der Waals surface area contributed by atoms with Gasteiger partial charge in [0.15, 0.2) is 0 Å². The SMILES string of the molecule is [2H]/C(Cl)=C(\[2H])C([2H])([2H])Cl. The topological polar surface area (TPSA) is 0 Å². The Hall–Kier alpha value is 0.320. The lowest BCUT2D eigenvalue weighted by Gasteiger charge is -1.61. The third kappa shape index (κ3) is 4.32. The first-order valence-electron chi connectivity index (χ1n) is 2.88. The van der Waals surface area contributed by atoms with Crippen LogP contribution in [0.3, 0.4) is 0 Å². The number of hydrogen-bond donors (Lipinski definition) is 0. The normalized spacial score (nSPS) is 28.4. The Morgan fingerprint density at radius 1 is 2.20 bits per heavy atom. The largest absolute Gasteiger partial charge is 0.122 e. The average Bonchev–Trinajstić information content (AvgIpc) is 1.62. The Bertz CT molecular complexity index is 131. The molecule has 0 unspecified atom stereocenters. The van der Waals surface area contributed by atoms with Gasteiger partial charge in [0.05, 0.1) is 2.74 Å². The van der Waals surface area contributed by atoms with Gasteiger partial charge in [0.25, 0.3) is 0 Å². The van der Waals surface area contributed by atoms with Crippen LogP contribution >= 0.6 is 23.2 Å². The van der Waals surface area contributed by atoms with Crippen molar-refractivity contribution in [2.75, 3.05) is 5.83 Å². The molecule has 5 heavy (non-hydrogen) atoms. The number of alkyl halides is 1. The van der Waals surface area contributed by atoms with E-state index in [1.54, 1.807) is 0 Å². The molecule has 0 aromatic carbocycles. The van der Waals surface area contributed by atoms with E-state index in [2.05, 4.69) is 0 Å². The molecule has 0 fully saturated rings. The van der Waals surface area contributed by atoms with Crippen molar-refractivity contribution in [1.29, 1.82) is 0 Å². The summed E-state index contributed by atoms with van der Waals surface area (Å²) in [6, 6.07) is -0.717. The summed E-state index contributed by atoms with van der Waals surface area (Å²) < 4.78 is 26.6. The molecule has 0 aromatic rings. The van der Waals surface area contributed by atoms with Crippen LogP contribution in [0.25, 0.3) is 0 Å². The maximum Gasteiger partial charge on any atom is 0.0752 e. The molecule has 0 saturated carbocycles. The molecule has 0 N–H and O–H groups in total. The van der Waals surface area contributed by atoms with Gasteiger partial charge in [0, 0.05) is 14.1 Å². The Morgan fingerprint density at radius 2 is 2.80 bits per heavy atom. The smallest absolute Gasteiger partial charge is 0.0752 e. The Balaban J connectivity index is 4.40. The molecule has 0 aliphatic heterocycles. The lowest BCUT2D eigenvalue weighted by molar-refractivity contribution is 1.79. The predicted molar refractivity (Wildman–Crippen MR) is 25.7 cm³/mol. The van der Waals surface area contributed by atoms with Gasteiger partial charge in [0.1, 0.15) is 0 Å². The standard InChI is InChI=1S/C3H4Cl2/c4-2-1-3-5/h1-2H,3H2/b2-1-/i1D,2D,3D2. The summed E-state index contributed by atoms with van der Waals surface area (Å²) in [5.41, 5.74) is -0.671. The minimum Gasteiger partial charge on any atom is -0.122 e. The summed E-state index contributed by atoms with van der Waals surface area (Å²) in [6.07, 6.45) is 0. The number of halogens is 2. The molecule has 0 radical (unpaired) electrons. The zero-order valence-corrected chi connectivity index (χ0v) is 3.77. The first-order valence-corrected chi connectivity index (χ1v) is 1.63. The van der Waals surface area contributed by atoms with Gasteiger partial charge in [-0.1, -0.05) is 17.7 Å². The maximum atomic E-state index is 6.73. The highest BCUT2D eigenvalue weighted by atomic mass is 35.5. The van der Waals surface area contributed by atoms with Gasteiger partial charge in [-0.25, -0.2) is 0 Å². The second kappa shape index (κ2) is 4.32. The van der Waals surface area contributed by atoms with Crippen LogP contribution in [0.4, 0.5) is 0 Å². The van der Waals surface area contributed by atoms with E-state index < -0.39 is 17.4 Å². The van der Waals surface area contributed by atoms with Crippen LogP contribution in [0.2, 0.25) is 0 Å². The van der Waals surface area contributed by atoms with Gasteiger partial charge in [-0.3, -0.25) is 0 Å². The Labute approximate surface area is 47.0 Å². The van der Waals surface area contributed by atoms with E-state index in [0.29, 0.717) is 0 Å². The van der Waals surface area contributed by atoms with Gasteiger partial charge in [0.2, 0.25) is 0 Å². The van der Waals surface area contributed by atoms with Crippen LogP contribution in [-0.4, -0.2) is 5.83 Å². The quantitative estimate of drug-likeness (QED) is 0.458. The molecule has 2 heteroatoms. The molecule has 0 aliphatic rings. The molecule has 0 rings (SSSR count). The highest BCUT2D eigenvalue weighted by molar-refractivity contribution is 6.26. The van der Waals surface area contributed by atoms with E-state index >= 15 is 0 Å². The van der Waals surface area contributed by atoms with Crippen molar-refractivity contribution in [3.63, 3.8) is 0 Å². The van der Waals surface area contributed by atoms with Crippen LogP contribution in [0, 0.1) is 0 Å². The summed E-state index contributed by atoms with van der Waals surface area (Å²) in [5.74, 6) is -2.32. The van der Waals surface area contributed by atoms with E-state index in [4.69, 9.17) is 28.7 Å². The van der Waals surface area contributed by atoms with Crippen LogP contribution in [-0.2, 0) is 0 Å². The first kappa shape index (κ1) is 1.43. The first-order chi connectivity index (χ1) is 3.85. The van der Waals surface area contributed by atoms with Crippen molar-refractivity contribution in [2.45, 2.75) is 0 Å². The maximum absolute atomic E-state index is 6.73. The summed E-state index contributed by atoms with van der Waals surface area (Å²) in [4.78, 5) is 0.